The summed E-state index contributed by atoms with van der Waals surface area (Å²) in [6, 6.07) is 16.4. The number of nitrogens with zero attached hydrogens (tertiary/aromatic N) is 1. The van der Waals surface area contributed by atoms with E-state index in [-0.39, 0.29) is 16.3 Å². The average Bonchev–Trinajstić information content (AvgIpc) is 2.74. The minimum atomic E-state index is -4.12. The van der Waals surface area contributed by atoms with Gasteiger partial charge in [-0.3, -0.25) is 9.10 Å². The molecule has 1 N–H and O–H groups in total. The molecular formula is C21H18F2N2O4S. The molecule has 3 aromatic rings. The van der Waals surface area contributed by atoms with E-state index in [1.165, 1.54) is 43.5 Å². The quantitative estimate of drug-likeness (QED) is 0.616. The first kappa shape index (κ1) is 21.3. The van der Waals surface area contributed by atoms with Crippen LogP contribution in [0.15, 0.2) is 77.7 Å². The van der Waals surface area contributed by atoms with Gasteiger partial charge in [0.05, 0.1) is 23.4 Å². The maximum absolute atomic E-state index is 13.8. The summed E-state index contributed by atoms with van der Waals surface area (Å²) in [5.74, 6) is -2.07. The van der Waals surface area contributed by atoms with Crippen LogP contribution in [-0.4, -0.2) is 28.0 Å². The van der Waals surface area contributed by atoms with Gasteiger partial charge in [0.2, 0.25) is 5.91 Å². The van der Waals surface area contributed by atoms with Crippen molar-refractivity contribution in [1.29, 1.82) is 0 Å². The van der Waals surface area contributed by atoms with Gasteiger partial charge in [-0.15, -0.1) is 0 Å². The summed E-state index contributed by atoms with van der Waals surface area (Å²) in [7, 11) is -2.66. The SMILES string of the molecule is COc1ccc(S(=O)(=O)N(CC(=O)Nc2ccc(F)cc2F)c2ccccc2)cc1. The average molecular weight is 432 g/mol. The number of para-hydroxylation sites is 1. The number of halogens is 2. The van der Waals surface area contributed by atoms with E-state index in [1.807, 2.05) is 0 Å². The van der Waals surface area contributed by atoms with Crippen molar-refractivity contribution in [3.8, 4) is 5.75 Å². The Kier molecular flexibility index (Phi) is 6.31. The van der Waals surface area contributed by atoms with Gasteiger partial charge in [-0.2, -0.15) is 0 Å². The maximum atomic E-state index is 13.8. The Hall–Kier alpha value is -3.46. The van der Waals surface area contributed by atoms with Crippen LogP contribution in [0.4, 0.5) is 20.2 Å². The fraction of sp³-hybridized carbons (Fsp3) is 0.0952. The molecule has 0 aliphatic rings. The molecule has 3 aromatic carbocycles. The van der Waals surface area contributed by atoms with Crippen molar-refractivity contribution in [3.05, 3.63) is 84.4 Å². The third-order valence-corrected chi connectivity index (χ3v) is 5.97. The predicted molar refractivity (Wildman–Crippen MR) is 109 cm³/mol. The van der Waals surface area contributed by atoms with Crippen LogP contribution in [0.2, 0.25) is 0 Å². The molecule has 0 aliphatic carbocycles. The number of nitrogens with one attached hydrogen (secondary N) is 1. The summed E-state index contributed by atoms with van der Waals surface area (Å²) in [6.07, 6.45) is 0. The first-order valence-electron chi connectivity index (χ1n) is 8.78. The molecule has 0 unspecified atom stereocenters. The lowest BCUT2D eigenvalue weighted by atomic mass is 10.3. The number of amides is 1. The number of hydrogen-bond acceptors (Lipinski definition) is 4. The number of benzene rings is 3. The van der Waals surface area contributed by atoms with Crippen LogP contribution in [0.25, 0.3) is 0 Å². The largest absolute Gasteiger partial charge is 0.497 e. The molecule has 0 saturated heterocycles. The van der Waals surface area contributed by atoms with Gasteiger partial charge >= 0.3 is 0 Å². The van der Waals surface area contributed by atoms with E-state index < -0.39 is 34.1 Å². The zero-order valence-corrected chi connectivity index (χ0v) is 16.7. The number of carbonyl (C=O) groups excluding carboxylic acids is 1. The lowest BCUT2D eigenvalue weighted by Gasteiger charge is -2.24. The molecule has 0 bridgehead atoms. The Morgan fingerprint density at radius 3 is 2.27 bits per heavy atom. The number of rotatable bonds is 7. The molecular weight excluding hydrogens is 414 g/mol. The Morgan fingerprint density at radius 1 is 1.00 bits per heavy atom. The summed E-state index contributed by atoms with van der Waals surface area (Å²) in [4.78, 5) is 12.5. The Labute approximate surface area is 172 Å². The van der Waals surface area contributed by atoms with Gasteiger partial charge in [0, 0.05) is 6.07 Å². The van der Waals surface area contributed by atoms with E-state index in [1.54, 1.807) is 18.2 Å². The Bertz CT molecular complexity index is 1140. The van der Waals surface area contributed by atoms with Crippen molar-refractivity contribution in [2.24, 2.45) is 0 Å². The van der Waals surface area contributed by atoms with Gasteiger partial charge in [-0.25, -0.2) is 17.2 Å². The summed E-state index contributed by atoms with van der Waals surface area (Å²) in [6.45, 7) is -0.616. The Morgan fingerprint density at radius 2 is 1.67 bits per heavy atom. The van der Waals surface area contributed by atoms with E-state index in [0.29, 0.717) is 11.8 Å². The van der Waals surface area contributed by atoms with Crippen LogP contribution in [0, 0.1) is 11.6 Å². The number of anilines is 2. The van der Waals surface area contributed by atoms with Gasteiger partial charge in [0.1, 0.15) is 23.9 Å². The molecule has 30 heavy (non-hydrogen) atoms. The van der Waals surface area contributed by atoms with Crippen LogP contribution in [-0.2, 0) is 14.8 Å². The summed E-state index contributed by atoms with van der Waals surface area (Å²) < 4.78 is 59.3. The Balaban J connectivity index is 1.91. The second-order valence-corrected chi connectivity index (χ2v) is 8.06. The fourth-order valence-corrected chi connectivity index (χ4v) is 4.12. The topological polar surface area (TPSA) is 75.7 Å². The molecule has 0 fully saturated rings. The van der Waals surface area contributed by atoms with Gasteiger partial charge < -0.3 is 10.1 Å². The highest BCUT2D eigenvalue weighted by Gasteiger charge is 2.27. The van der Waals surface area contributed by atoms with Crippen LogP contribution >= 0.6 is 0 Å². The molecule has 0 atom stereocenters. The summed E-state index contributed by atoms with van der Waals surface area (Å²) >= 11 is 0. The second-order valence-electron chi connectivity index (χ2n) is 6.20. The number of carbonyl (C=O) groups is 1. The fourth-order valence-electron chi connectivity index (χ4n) is 2.70. The smallest absolute Gasteiger partial charge is 0.264 e. The number of hydrogen-bond donors (Lipinski definition) is 1. The van der Waals surface area contributed by atoms with Crippen molar-refractivity contribution in [2.45, 2.75) is 4.90 Å². The van der Waals surface area contributed by atoms with Gasteiger partial charge in [-0.05, 0) is 48.5 Å². The van der Waals surface area contributed by atoms with Crippen LogP contribution in [0.3, 0.4) is 0 Å². The molecule has 3 rings (SSSR count). The van der Waals surface area contributed by atoms with Crippen LogP contribution in [0.1, 0.15) is 0 Å². The molecule has 0 aliphatic heterocycles. The molecule has 156 valence electrons. The number of methoxy groups -OCH3 is 1. The van der Waals surface area contributed by atoms with Crippen molar-refractivity contribution in [3.63, 3.8) is 0 Å². The van der Waals surface area contributed by atoms with Gasteiger partial charge in [-0.1, -0.05) is 18.2 Å². The lowest BCUT2D eigenvalue weighted by molar-refractivity contribution is -0.114. The molecule has 9 heteroatoms. The van der Waals surface area contributed by atoms with Crippen molar-refractivity contribution < 1.29 is 26.7 Å². The molecule has 0 spiro atoms. The molecule has 0 heterocycles. The minimum Gasteiger partial charge on any atom is -0.497 e. The summed E-state index contributed by atoms with van der Waals surface area (Å²) in [5.41, 5.74) is -0.000645. The molecule has 0 aromatic heterocycles. The van der Waals surface area contributed by atoms with E-state index >= 15 is 0 Å². The van der Waals surface area contributed by atoms with Gasteiger partial charge in [0.25, 0.3) is 10.0 Å². The third-order valence-electron chi connectivity index (χ3n) is 4.18. The highest BCUT2D eigenvalue weighted by Crippen LogP contribution is 2.25. The van der Waals surface area contributed by atoms with E-state index in [2.05, 4.69) is 5.32 Å². The zero-order chi connectivity index (χ0) is 21.7. The predicted octanol–water partition coefficient (Wildman–Crippen LogP) is 3.81. The van der Waals surface area contributed by atoms with Crippen molar-refractivity contribution >= 4 is 27.3 Å². The highest BCUT2D eigenvalue weighted by molar-refractivity contribution is 7.92. The van der Waals surface area contributed by atoms with E-state index in [0.717, 1.165) is 16.4 Å². The molecule has 0 saturated carbocycles. The van der Waals surface area contributed by atoms with Crippen molar-refractivity contribution in [2.75, 3.05) is 23.3 Å². The molecule has 0 radical (unpaired) electrons. The van der Waals surface area contributed by atoms with E-state index in [4.69, 9.17) is 4.74 Å². The first-order valence-corrected chi connectivity index (χ1v) is 10.2. The lowest BCUT2D eigenvalue weighted by Crippen LogP contribution is -2.38. The number of ether oxygens (including phenoxy) is 1. The normalized spacial score (nSPS) is 11.0. The minimum absolute atomic E-state index is 0.0482. The van der Waals surface area contributed by atoms with E-state index in [9.17, 15) is 22.0 Å². The first-order chi connectivity index (χ1) is 14.3. The summed E-state index contributed by atoms with van der Waals surface area (Å²) in [5, 5.41) is 2.27. The van der Waals surface area contributed by atoms with Crippen LogP contribution < -0.4 is 14.4 Å². The molecule has 1 amide bonds. The number of sulfonamides is 1. The second kappa shape index (κ2) is 8.91. The van der Waals surface area contributed by atoms with Gasteiger partial charge in [0.15, 0.2) is 0 Å². The zero-order valence-electron chi connectivity index (χ0n) is 15.9. The monoisotopic (exact) mass is 432 g/mol. The maximum Gasteiger partial charge on any atom is 0.264 e. The third kappa shape index (κ3) is 4.74. The van der Waals surface area contributed by atoms with Crippen molar-refractivity contribution in [1.82, 2.24) is 0 Å². The standard InChI is InChI=1S/C21H18F2N2O4S/c1-29-17-8-10-18(11-9-17)30(27,28)25(16-5-3-2-4-6-16)14-21(26)24-20-12-7-15(22)13-19(20)23/h2-13H,14H2,1H3,(H,24,26). The highest BCUT2D eigenvalue weighted by atomic mass is 32.2. The van der Waals surface area contributed by atoms with Crippen LogP contribution in [0.5, 0.6) is 5.75 Å². The molecule has 6 nitrogen and oxygen atoms in total.